The van der Waals surface area contributed by atoms with Crippen LogP contribution in [0.2, 0.25) is 0 Å². The SMILES string of the molecule is Cc1ccc(C(C)NC(C)Cc2ccccc2F)cc1F. The molecular weight excluding hydrogens is 268 g/mol. The molecule has 0 saturated heterocycles. The Balaban J connectivity index is 2.00. The van der Waals surface area contributed by atoms with Crippen molar-refractivity contribution >= 4 is 0 Å². The second-order valence-corrected chi connectivity index (χ2v) is 5.59. The standard InChI is InChI=1S/C18H21F2N/c1-12-8-9-15(11-18(12)20)14(3)21-13(2)10-16-6-4-5-7-17(16)19/h4-9,11,13-14,21H,10H2,1-3H3. The van der Waals surface area contributed by atoms with Gasteiger partial charge in [0, 0.05) is 12.1 Å². The zero-order valence-electron chi connectivity index (χ0n) is 12.7. The summed E-state index contributed by atoms with van der Waals surface area (Å²) in [7, 11) is 0. The quantitative estimate of drug-likeness (QED) is 0.851. The highest BCUT2D eigenvalue weighted by atomic mass is 19.1. The van der Waals surface area contributed by atoms with Crippen molar-refractivity contribution in [2.24, 2.45) is 0 Å². The number of halogens is 2. The van der Waals surface area contributed by atoms with Gasteiger partial charge in [-0.3, -0.25) is 0 Å². The van der Waals surface area contributed by atoms with Crippen LogP contribution in [0.15, 0.2) is 42.5 Å². The molecule has 2 unspecified atom stereocenters. The molecule has 0 aromatic heterocycles. The molecule has 21 heavy (non-hydrogen) atoms. The monoisotopic (exact) mass is 289 g/mol. The first-order chi connectivity index (χ1) is 9.97. The molecule has 1 N–H and O–H groups in total. The molecule has 0 heterocycles. The first kappa shape index (κ1) is 15.6. The minimum absolute atomic E-state index is 0.0156. The Bertz CT molecular complexity index is 610. The van der Waals surface area contributed by atoms with Gasteiger partial charge in [-0.15, -0.1) is 0 Å². The van der Waals surface area contributed by atoms with E-state index < -0.39 is 0 Å². The van der Waals surface area contributed by atoms with Gasteiger partial charge >= 0.3 is 0 Å². The Morgan fingerprint density at radius 3 is 2.38 bits per heavy atom. The molecule has 0 bridgehead atoms. The summed E-state index contributed by atoms with van der Waals surface area (Å²) < 4.78 is 27.2. The highest BCUT2D eigenvalue weighted by molar-refractivity contribution is 5.25. The van der Waals surface area contributed by atoms with Gasteiger partial charge in [-0.1, -0.05) is 30.3 Å². The van der Waals surface area contributed by atoms with E-state index in [-0.39, 0.29) is 23.7 Å². The van der Waals surface area contributed by atoms with Crippen LogP contribution in [0.5, 0.6) is 0 Å². The molecule has 1 nitrogen and oxygen atoms in total. The fourth-order valence-corrected chi connectivity index (χ4v) is 2.45. The molecule has 2 aromatic rings. The van der Waals surface area contributed by atoms with Crippen LogP contribution in [0.3, 0.4) is 0 Å². The van der Waals surface area contributed by atoms with Crippen molar-refractivity contribution in [2.75, 3.05) is 0 Å². The molecule has 3 heteroatoms. The van der Waals surface area contributed by atoms with Crippen molar-refractivity contribution in [3.63, 3.8) is 0 Å². The van der Waals surface area contributed by atoms with E-state index in [1.54, 1.807) is 31.2 Å². The third-order valence-electron chi connectivity index (χ3n) is 3.71. The van der Waals surface area contributed by atoms with Gasteiger partial charge in [-0.25, -0.2) is 8.78 Å². The summed E-state index contributed by atoms with van der Waals surface area (Å²) >= 11 is 0. The molecule has 0 radical (unpaired) electrons. The zero-order chi connectivity index (χ0) is 15.4. The van der Waals surface area contributed by atoms with Crippen molar-refractivity contribution in [1.29, 1.82) is 0 Å². The van der Waals surface area contributed by atoms with Crippen molar-refractivity contribution in [3.8, 4) is 0 Å². The molecule has 0 amide bonds. The minimum Gasteiger partial charge on any atom is -0.307 e. The normalized spacial score (nSPS) is 14.0. The Hall–Kier alpha value is -1.74. The summed E-state index contributed by atoms with van der Waals surface area (Å²) in [5.74, 6) is -0.372. The molecule has 0 spiro atoms. The Morgan fingerprint density at radius 2 is 1.71 bits per heavy atom. The van der Waals surface area contributed by atoms with Gasteiger partial charge < -0.3 is 5.32 Å². The predicted octanol–water partition coefficient (Wildman–Crippen LogP) is 4.56. The van der Waals surface area contributed by atoms with E-state index in [9.17, 15) is 8.78 Å². The highest BCUT2D eigenvalue weighted by Gasteiger charge is 2.12. The van der Waals surface area contributed by atoms with Crippen LogP contribution in [-0.2, 0) is 6.42 Å². The molecule has 112 valence electrons. The van der Waals surface area contributed by atoms with Crippen LogP contribution in [0, 0.1) is 18.6 Å². The lowest BCUT2D eigenvalue weighted by atomic mass is 10.0. The molecule has 2 aromatic carbocycles. The van der Waals surface area contributed by atoms with E-state index in [1.165, 1.54) is 6.07 Å². The van der Waals surface area contributed by atoms with Crippen molar-refractivity contribution in [3.05, 3.63) is 70.8 Å². The van der Waals surface area contributed by atoms with Gasteiger partial charge in [-0.2, -0.15) is 0 Å². The summed E-state index contributed by atoms with van der Waals surface area (Å²) in [4.78, 5) is 0. The summed E-state index contributed by atoms with van der Waals surface area (Å²) in [5, 5.41) is 3.39. The number of hydrogen-bond acceptors (Lipinski definition) is 1. The summed E-state index contributed by atoms with van der Waals surface area (Å²) in [6.45, 7) is 5.74. The van der Waals surface area contributed by atoms with E-state index >= 15 is 0 Å². The highest BCUT2D eigenvalue weighted by Crippen LogP contribution is 2.18. The van der Waals surface area contributed by atoms with Crippen LogP contribution in [0.1, 0.15) is 36.6 Å². The smallest absolute Gasteiger partial charge is 0.126 e. The van der Waals surface area contributed by atoms with Gasteiger partial charge in [0.15, 0.2) is 0 Å². The third-order valence-corrected chi connectivity index (χ3v) is 3.71. The number of aryl methyl sites for hydroxylation is 1. The number of nitrogens with one attached hydrogen (secondary N) is 1. The summed E-state index contributed by atoms with van der Waals surface area (Å²) in [6, 6.07) is 12.2. The molecule has 0 saturated carbocycles. The Morgan fingerprint density at radius 1 is 1.00 bits per heavy atom. The second kappa shape index (κ2) is 6.81. The Labute approximate surface area is 125 Å². The third kappa shape index (κ3) is 4.11. The molecular formula is C18H21F2N. The van der Waals surface area contributed by atoms with Gasteiger partial charge in [-0.05, 0) is 56.0 Å². The fourth-order valence-electron chi connectivity index (χ4n) is 2.45. The van der Waals surface area contributed by atoms with Gasteiger partial charge in [0.1, 0.15) is 11.6 Å². The lowest BCUT2D eigenvalue weighted by Gasteiger charge is -2.21. The summed E-state index contributed by atoms with van der Waals surface area (Å²) in [5.41, 5.74) is 2.24. The van der Waals surface area contributed by atoms with Crippen LogP contribution >= 0.6 is 0 Å². The average Bonchev–Trinajstić information content (AvgIpc) is 2.44. The van der Waals surface area contributed by atoms with Gasteiger partial charge in [0.25, 0.3) is 0 Å². The maximum absolute atomic E-state index is 13.6. The van der Waals surface area contributed by atoms with Crippen LogP contribution in [-0.4, -0.2) is 6.04 Å². The Kier molecular flexibility index (Phi) is 5.07. The first-order valence-electron chi connectivity index (χ1n) is 7.23. The zero-order valence-corrected chi connectivity index (χ0v) is 12.7. The summed E-state index contributed by atoms with van der Waals surface area (Å²) in [6.07, 6.45) is 0.603. The van der Waals surface area contributed by atoms with E-state index in [4.69, 9.17) is 0 Å². The molecule has 0 aliphatic carbocycles. The molecule has 0 aliphatic heterocycles. The fraction of sp³-hybridized carbons (Fsp3) is 0.333. The van der Waals surface area contributed by atoms with E-state index in [0.29, 0.717) is 17.5 Å². The average molecular weight is 289 g/mol. The number of hydrogen-bond donors (Lipinski definition) is 1. The number of rotatable bonds is 5. The maximum Gasteiger partial charge on any atom is 0.126 e. The largest absolute Gasteiger partial charge is 0.307 e. The van der Waals surface area contributed by atoms with Crippen LogP contribution in [0.25, 0.3) is 0 Å². The van der Waals surface area contributed by atoms with E-state index in [1.807, 2.05) is 26.0 Å². The van der Waals surface area contributed by atoms with Crippen LogP contribution < -0.4 is 5.32 Å². The van der Waals surface area contributed by atoms with E-state index in [2.05, 4.69) is 5.32 Å². The second-order valence-electron chi connectivity index (χ2n) is 5.59. The predicted molar refractivity (Wildman–Crippen MR) is 82.3 cm³/mol. The topological polar surface area (TPSA) is 12.0 Å². The molecule has 0 fully saturated rings. The van der Waals surface area contributed by atoms with Crippen molar-refractivity contribution < 1.29 is 8.78 Å². The van der Waals surface area contributed by atoms with Gasteiger partial charge in [0.2, 0.25) is 0 Å². The van der Waals surface area contributed by atoms with E-state index in [0.717, 1.165) is 5.56 Å². The maximum atomic E-state index is 13.6. The number of benzene rings is 2. The molecule has 2 atom stereocenters. The van der Waals surface area contributed by atoms with Crippen molar-refractivity contribution in [1.82, 2.24) is 5.32 Å². The van der Waals surface area contributed by atoms with Crippen molar-refractivity contribution in [2.45, 2.75) is 39.3 Å². The molecule has 2 rings (SSSR count). The minimum atomic E-state index is -0.192. The van der Waals surface area contributed by atoms with Crippen LogP contribution in [0.4, 0.5) is 8.78 Å². The lowest BCUT2D eigenvalue weighted by Crippen LogP contribution is -2.31. The lowest BCUT2D eigenvalue weighted by molar-refractivity contribution is 0.467. The van der Waals surface area contributed by atoms with Gasteiger partial charge in [0.05, 0.1) is 0 Å². The first-order valence-corrected chi connectivity index (χ1v) is 7.23. The molecule has 0 aliphatic rings.